The van der Waals surface area contributed by atoms with Crippen LogP contribution >= 0.6 is 0 Å². The highest BCUT2D eigenvalue weighted by molar-refractivity contribution is 5.91. The Morgan fingerprint density at radius 3 is 2.22 bits per heavy atom. The molecule has 3 N–H and O–H groups in total. The van der Waals surface area contributed by atoms with E-state index in [-0.39, 0.29) is 5.82 Å². The van der Waals surface area contributed by atoms with Crippen LogP contribution in [0, 0.1) is 5.82 Å². The molecule has 0 bridgehead atoms. The maximum absolute atomic E-state index is 13.8. The van der Waals surface area contributed by atoms with E-state index in [1.165, 1.54) is 22.8 Å². The molecule has 0 saturated heterocycles. The molecule has 2 nitrogen and oxygen atoms in total. The van der Waals surface area contributed by atoms with Crippen LogP contribution in [-0.2, 0) is 6.42 Å². The quantitative estimate of drug-likeness (QED) is 0.413. The molecule has 0 atom stereocenters. The summed E-state index contributed by atoms with van der Waals surface area (Å²) in [7, 11) is 0. The number of rotatable bonds is 6. The Kier molecular flexibility index (Phi) is 5.03. The summed E-state index contributed by atoms with van der Waals surface area (Å²) in [6.07, 6.45) is 2.85. The van der Waals surface area contributed by atoms with Gasteiger partial charge in [0.15, 0.2) is 0 Å². The Hall–Kier alpha value is -2.91. The predicted molar refractivity (Wildman–Crippen MR) is 111 cm³/mol. The van der Waals surface area contributed by atoms with E-state index in [0.29, 0.717) is 6.54 Å². The van der Waals surface area contributed by atoms with Crippen molar-refractivity contribution in [3.8, 4) is 22.4 Å². The van der Waals surface area contributed by atoms with E-state index in [4.69, 9.17) is 5.73 Å². The van der Waals surface area contributed by atoms with E-state index < -0.39 is 0 Å². The van der Waals surface area contributed by atoms with Gasteiger partial charge in [-0.2, -0.15) is 0 Å². The summed E-state index contributed by atoms with van der Waals surface area (Å²) < 4.78 is 13.8. The maximum atomic E-state index is 13.8. The third-order valence-electron chi connectivity index (χ3n) is 5.03. The van der Waals surface area contributed by atoms with Crippen LogP contribution in [0.2, 0.25) is 0 Å². The fraction of sp³-hybridized carbons (Fsp3) is 0.167. The molecule has 3 heteroatoms. The molecule has 0 fully saturated rings. The van der Waals surface area contributed by atoms with Gasteiger partial charge < -0.3 is 10.7 Å². The number of aryl methyl sites for hydroxylation is 1. The molecule has 0 amide bonds. The molecule has 0 aliphatic carbocycles. The fourth-order valence-corrected chi connectivity index (χ4v) is 3.63. The SMILES string of the molecule is NCCCCc1c(-c2ccc(-c3ccccc3)cc2)[nH]c2ccc(F)cc12. The van der Waals surface area contributed by atoms with E-state index in [9.17, 15) is 4.39 Å². The van der Waals surface area contributed by atoms with Crippen molar-refractivity contribution in [2.24, 2.45) is 5.73 Å². The Morgan fingerprint density at radius 1 is 0.778 bits per heavy atom. The van der Waals surface area contributed by atoms with Gasteiger partial charge in [0.2, 0.25) is 0 Å². The largest absolute Gasteiger partial charge is 0.354 e. The molecule has 4 aromatic rings. The molecule has 0 radical (unpaired) electrons. The number of aromatic nitrogens is 1. The first kappa shape index (κ1) is 17.5. The number of halogens is 1. The van der Waals surface area contributed by atoms with E-state index in [2.05, 4.69) is 41.4 Å². The van der Waals surface area contributed by atoms with Gasteiger partial charge in [-0.1, -0.05) is 54.6 Å². The highest BCUT2D eigenvalue weighted by atomic mass is 19.1. The molecule has 136 valence electrons. The zero-order valence-corrected chi connectivity index (χ0v) is 15.2. The number of H-pyrrole nitrogens is 1. The topological polar surface area (TPSA) is 41.8 Å². The summed E-state index contributed by atoms with van der Waals surface area (Å²) in [5, 5.41) is 0.967. The summed E-state index contributed by atoms with van der Waals surface area (Å²) in [6, 6.07) is 23.8. The molecule has 0 aliphatic rings. The van der Waals surface area contributed by atoms with Crippen LogP contribution in [0.4, 0.5) is 4.39 Å². The lowest BCUT2D eigenvalue weighted by atomic mass is 9.98. The van der Waals surface area contributed by atoms with Crippen molar-refractivity contribution in [1.29, 1.82) is 0 Å². The molecule has 1 aromatic heterocycles. The minimum absolute atomic E-state index is 0.201. The number of nitrogens with one attached hydrogen (secondary N) is 1. The highest BCUT2D eigenvalue weighted by Crippen LogP contribution is 2.33. The van der Waals surface area contributed by atoms with Gasteiger partial charge in [-0.25, -0.2) is 4.39 Å². The number of hydrogen-bond donors (Lipinski definition) is 2. The van der Waals surface area contributed by atoms with Crippen molar-refractivity contribution in [3.05, 3.63) is 84.2 Å². The average Bonchev–Trinajstić information content (AvgIpc) is 3.07. The van der Waals surface area contributed by atoms with E-state index in [0.717, 1.165) is 41.4 Å². The highest BCUT2D eigenvalue weighted by Gasteiger charge is 2.14. The lowest BCUT2D eigenvalue weighted by molar-refractivity contribution is 0.629. The number of unbranched alkanes of at least 4 members (excludes halogenated alkanes) is 1. The van der Waals surface area contributed by atoms with Crippen molar-refractivity contribution in [1.82, 2.24) is 4.98 Å². The minimum Gasteiger partial charge on any atom is -0.354 e. The van der Waals surface area contributed by atoms with Crippen LogP contribution in [0.3, 0.4) is 0 Å². The summed E-state index contributed by atoms with van der Waals surface area (Å²) in [4.78, 5) is 3.50. The Morgan fingerprint density at radius 2 is 1.48 bits per heavy atom. The molecule has 27 heavy (non-hydrogen) atoms. The van der Waals surface area contributed by atoms with Crippen LogP contribution in [0.1, 0.15) is 18.4 Å². The molecular weight excluding hydrogens is 335 g/mol. The van der Waals surface area contributed by atoms with Gasteiger partial charge in [0.1, 0.15) is 5.82 Å². The van der Waals surface area contributed by atoms with Crippen molar-refractivity contribution >= 4 is 10.9 Å². The monoisotopic (exact) mass is 358 g/mol. The summed E-state index contributed by atoms with van der Waals surface area (Å²) in [5.41, 5.74) is 12.4. The Bertz CT molecular complexity index is 1030. The lowest BCUT2D eigenvalue weighted by Gasteiger charge is -2.07. The van der Waals surface area contributed by atoms with Crippen LogP contribution in [0.15, 0.2) is 72.8 Å². The van der Waals surface area contributed by atoms with Crippen LogP contribution in [0.25, 0.3) is 33.3 Å². The first-order valence-corrected chi connectivity index (χ1v) is 9.42. The number of hydrogen-bond acceptors (Lipinski definition) is 1. The third kappa shape index (κ3) is 3.64. The van der Waals surface area contributed by atoms with Crippen molar-refractivity contribution in [3.63, 3.8) is 0 Å². The maximum Gasteiger partial charge on any atom is 0.123 e. The van der Waals surface area contributed by atoms with Crippen molar-refractivity contribution < 1.29 is 4.39 Å². The van der Waals surface area contributed by atoms with Crippen LogP contribution in [-0.4, -0.2) is 11.5 Å². The van der Waals surface area contributed by atoms with Crippen molar-refractivity contribution in [2.45, 2.75) is 19.3 Å². The number of benzene rings is 3. The van der Waals surface area contributed by atoms with Gasteiger partial charge in [-0.3, -0.25) is 0 Å². The summed E-state index contributed by atoms with van der Waals surface area (Å²) in [6.45, 7) is 0.678. The standard InChI is InChI=1S/C24H23FN2/c25-20-13-14-23-22(16-20)21(8-4-5-15-26)24(27-23)19-11-9-18(10-12-19)17-6-2-1-3-7-17/h1-3,6-7,9-14,16,27H,4-5,8,15,26H2. The molecule has 1 heterocycles. The molecule has 0 spiro atoms. The molecule has 3 aromatic carbocycles. The van der Waals surface area contributed by atoms with Crippen LogP contribution < -0.4 is 5.73 Å². The molecule has 0 aliphatic heterocycles. The second-order valence-electron chi connectivity index (χ2n) is 6.86. The average molecular weight is 358 g/mol. The molecule has 0 unspecified atom stereocenters. The normalized spacial score (nSPS) is 11.2. The smallest absolute Gasteiger partial charge is 0.123 e. The lowest BCUT2D eigenvalue weighted by Crippen LogP contribution is -1.99. The van der Waals surface area contributed by atoms with Gasteiger partial charge in [0.25, 0.3) is 0 Å². The van der Waals surface area contributed by atoms with Gasteiger partial charge in [-0.05, 0) is 66.3 Å². The van der Waals surface area contributed by atoms with Gasteiger partial charge in [0.05, 0.1) is 0 Å². The molecular formula is C24H23FN2. The summed E-state index contributed by atoms with van der Waals surface area (Å²) in [5.74, 6) is -0.201. The van der Waals surface area contributed by atoms with E-state index >= 15 is 0 Å². The van der Waals surface area contributed by atoms with Crippen LogP contribution in [0.5, 0.6) is 0 Å². The minimum atomic E-state index is -0.201. The first-order chi connectivity index (χ1) is 13.3. The second kappa shape index (κ2) is 7.77. The first-order valence-electron chi connectivity index (χ1n) is 9.42. The fourth-order valence-electron chi connectivity index (χ4n) is 3.63. The van der Waals surface area contributed by atoms with E-state index in [1.807, 2.05) is 24.3 Å². The number of aromatic amines is 1. The number of nitrogens with two attached hydrogens (primary N) is 1. The van der Waals surface area contributed by atoms with Crippen molar-refractivity contribution in [2.75, 3.05) is 6.54 Å². The molecule has 4 rings (SSSR count). The summed E-state index contributed by atoms with van der Waals surface area (Å²) >= 11 is 0. The third-order valence-corrected chi connectivity index (χ3v) is 5.03. The molecule has 0 saturated carbocycles. The second-order valence-corrected chi connectivity index (χ2v) is 6.86. The van der Waals surface area contributed by atoms with Gasteiger partial charge >= 0.3 is 0 Å². The van der Waals surface area contributed by atoms with Gasteiger partial charge in [-0.15, -0.1) is 0 Å². The van der Waals surface area contributed by atoms with E-state index in [1.54, 1.807) is 6.07 Å². The zero-order chi connectivity index (χ0) is 18.6. The predicted octanol–water partition coefficient (Wildman–Crippen LogP) is 5.92. The number of fused-ring (bicyclic) bond motifs is 1. The Labute approximate surface area is 158 Å². The zero-order valence-electron chi connectivity index (χ0n) is 15.2. The van der Waals surface area contributed by atoms with Gasteiger partial charge in [0, 0.05) is 16.6 Å². The Balaban J connectivity index is 1.74.